The highest BCUT2D eigenvalue weighted by atomic mass is 16.3. The number of anilines is 1. The molecule has 0 atom stereocenters. The molecular weight excluding hydrogens is 358 g/mol. The van der Waals surface area contributed by atoms with E-state index >= 15 is 0 Å². The Kier molecular flexibility index (Phi) is 4.58. The summed E-state index contributed by atoms with van der Waals surface area (Å²) in [5, 5.41) is 17.1. The third-order valence-corrected chi connectivity index (χ3v) is 4.42. The molecule has 0 aliphatic heterocycles. The lowest BCUT2D eigenvalue weighted by Gasteiger charge is -2.07. The normalized spacial score (nSPS) is 11.1. The molecule has 0 saturated heterocycles. The van der Waals surface area contributed by atoms with Gasteiger partial charge in [-0.3, -0.25) is 9.36 Å². The summed E-state index contributed by atoms with van der Waals surface area (Å²) in [6, 6.07) is 5.36. The number of amides is 1. The monoisotopic (exact) mass is 377 g/mol. The van der Waals surface area contributed by atoms with Gasteiger partial charge in [0.05, 0.1) is 36.3 Å². The van der Waals surface area contributed by atoms with Crippen LogP contribution in [0.25, 0.3) is 16.9 Å². The predicted molar refractivity (Wildman–Crippen MR) is 103 cm³/mol. The first-order chi connectivity index (χ1) is 13.6. The van der Waals surface area contributed by atoms with Crippen molar-refractivity contribution in [3.8, 4) is 5.82 Å². The van der Waals surface area contributed by atoms with Gasteiger partial charge in [0, 0.05) is 24.0 Å². The molecule has 0 saturated carbocycles. The Labute approximate surface area is 160 Å². The highest BCUT2D eigenvalue weighted by Crippen LogP contribution is 2.19. The summed E-state index contributed by atoms with van der Waals surface area (Å²) >= 11 is 0. The van der Waals surface area contributed by atoms with Crippen molar-refractivity contribution in [2.24, 2.45) is 0 Å². The highest BCUT2D eigenvalue weighted by Gasteiger charge is 2.13. The van der Waals surface area contributed by atoms with Gasteiger partial charge in [-0.1, -0.05) is 0 Å². The number of aliphatic hydroxyl groups excluding tert-OH is 1. The Bertz CT molecular complexity index is 1150. The lowest BCUT2D eigenvalue weighted by molar-refractivity contribution is 0.102. The maximum Gasteiger partial charge on any atom is 0.257 e. The summed E-state index contributed by atoms with van der Waals surface area (Å²) in [6.45, 7) is 4.07. The predicted octanol–water partition coefficient (Wildman–Crippen LogP) is 1.87. The van der Waals surface area contributed by atoms with Crippen LogP contribution in [0.1, 0.15) is 21.9 Å². The van der Waals surface area contributed by atoms with Gasteiger partial charge in [-0.2, -0.15) is 5.10 Å². The quantitative estimate of drug-likeness (QED) is 0.549. The fourth-order valence-corrected chi connectivity index (χ4v) is 3.01. The van der Waals surface area contributed by atoms with Crippen molar-refractivity contribution in [1.29, 1.82) is 0 Å². The lowest BCUT2D eigenvalue weighted by Crippen LogP contribution is -2.13. The molecule has 0 fully saturated rings. The molecule has 4 rings (SSSR count). The van der Waals surface area contributed by atoms with Gasteiger partial charge in [-0.05, 0) is 32.0 Å². The number of hydrogen-bond donors (Lipinski definition) is 2. The van der Waals surface area contributed by atoms with Crippen molar-refractivity contribution in [2.45, 2.75) is 20.4 Å². The molecule has 0 aromatic carbocycles. The topological polar surface area (TPSA) is 111 Å². The van der Waals surface area contributed by atoms with Crippen LogP contribution in [0.2, 0.25) is 0 Å². The number of rotatable bonds is 5. The van der Waals surface area contributed by atoms with Crippen LogP contribution in [0.3, 0.4) is 0 Å². The molecule has 0 spiro atoms. The number of nitrogens with one attached hydrogen (secondary N) is 1. The van der Waals surface area contributed by atoms with Crippen molar-refractivity contribution in [3.05, 3.63) is 60.1 Å². The Morgan fingerprint density at radius 3 is 2.71 bits per heavy atom. The molecule has 4 heterocycles. The van der Waals surface area contributed by atoms with Crippen LogP contribution in [-0.2, 0) is 6.54 Å². The molecule has 0 unspecified atom stereocenters. The second kappa shape index (κ2) is 7.20. The van der Waals surface area contributed by atoms with Gasteiger partial charge in [0.1, 0.15) is 11.6 Å². The first kappa shape index (κ1) is 17.8. The van der Waals surface area contributed by atoms with E-state index in [0.29, 0.717) is 23.4 Å². The van der Waals surface area contributed by atoms with Gasteiger partial charge in [-0.25, -0.2) is 19.6 Å². The van der Waals surface area contributed by atoms with Crippen LogP contribution >= 0.6 is 0 Å². The zero-order valence-corrected chi connectivity index (χ0v) is 15.5. The van der Waals surface area contributed by atoms with Gasteiger partial charge in [-0.15, -0.1) is 0 Å². The van der Waals surface area contributed by atoms with Gasteiger partial charge in [0.15, 0.2) is 5.65 Å². The summed E-state index contributed by atoms with van der Waals surface area (Å²) in [5.74, 6) is 1.28. The molecular formula is C19H19N7O2. The van der Waals surface area contributed by atoms with E-state index in [1.807, 2.05) is 30.7 Å². The van der Waals surface area contributed by atoms with E-state index in [1.54, 1.807) is 29.2 Å². The molecule has 9 heteroatoms. The van der Waals surface area contributed by atoms with Gasteiger partial charge in [0.2, 0.25) is 0 Å². The number of aryl methyl sites for hydroxylation is 2. The van der Waals surface area contributed by atoms with E-state index in [9.17, 15) is 4.79 Å². The van der Waals surface area contributed by atoms with Gasteiger partial charge < -0.3 is 10.4 Å². The molecule has 4 aromatic rings. The van der Waals surface area contributed by atoms with Crippen molar-refractivity contribution in [1.82, 2.24) is 29.3 Å². The number of aliphatic hydroxyl groups is 1. The number of imidazole rings is 1. The smallest absolute Gasteiger partial charge is 0.257 e. The minimum Gasteiger partial charge on any atom is -0.394 e. The molecule has 9 nitrogen and oxygen atoms in total. The second-order valence-corrected chi connectivity index (χ2v) is 6.33. The van der Waals surface area contributed by atoms with Crippen molar-refractivity contribution < 1.29 is 9.90 Å². The third-order valence-electron chi connectivity index (χ3n) is 4.42. The number of pyridine rings is 2. The molecule has 0 bridgehead atoms. The molecule has 0 aliphatic rings. The van der Waals surface area contributed by atoms with Crippen LogP contribution in [0, 0.1) is 13.8 Å². The van der Waals surface area contributed by atoms with Crippen molar-refractivity contribution >= 4 is 22.6 Å². The molecule has 1 amide bonds. The summed E-state index contributed by atoms with van der Waals surface area (Å²) in [5.41, 5.74) is 2.41. The number of fused-ring (bicyclic) bond motifs is 1. The standard InChI is InChI=1S/C19H19N7O2/c1-12-16-9-14(10-22-18(16)26(24-12)7-8-27)19(28)23-15-3-4-17(21-11-15)25-6-5-20-13(25)2/h3-6,9-11,27H,7-8H2,1-2H3,(H,23,28). The van der Waals surface area contributed by atoms with E-state index in [1.165, 1.54) is 6.20 Å². The van der Waals surface area contributed by atoms with Gasteiger partial charge in [0.25, 0.3) is 5.91 Å². The van der Waals surface area contributed by atoms with E-state index in [0.717, 1.165) is 22.7 Å². The Morgan fingerprint density at radius 1 is 1.18 bits per heavy atom. The first-order valence-corrected chi connectivity index (χ1v) is 8.78. The molecule has 0 radical (unpaired) electrons. The van der Waals surface area contributed by atoms with Crippen LogP contribution < -0.4 is 5.32 Å². The van der Waals surface area contributed by atoms with Crippen LogP contribution in [0.4, 0.5) is 5.69 Å². The van der Waals surface area contributed by atoms with Crippen molar-refractivity contribution in [2.75, 3.05) is 11.9 Å². The van der Waals surface area contributed by atoms with Crippen LogP contribution in [0.15, 0.2) is 43.0 Å². The number of carbonyl (C=O) groups is 1. The number of carbonyl (C=O) groups excluding carboxylic acids is 1. The molecule has 2 N–H and O–H groups in total. The minimum atomic E-state index is -0.280. The average Bonchev–Trinajstić information content (AvgIpc) is 3.26. The Balaban J connectivity index is 1.55. The lowest BCUT2D eigenvalue weighted by atomic mass is 10.2. The molecule has 4 aromatic heterocycles. The van der Waals surface area contributed by atoms with E-state index in [-0.39, 0.29) is 12.5 Å². The number of aromatic nitrogens is 6. The zero-order chi connectivity index (χ0) is 19.7. The zero-order valence-electron chi connectivity index (χ0n) is 15.5. The molecule has 28 heavy (non-hydrogen) atoms. The molecule has 142 valence electrons. The Hall–Kier alpha value is -3.59. The fourth-order valence-electron chi connectivity index (χ4n) is 3.01. The minimum absolute atomic E-state index is 0.0261. The van der Waals surface area contributed by atoms with Crippen LogP contribution in [0.5, 0.6) is 0 Å². The maximum atomic E-state index is 12.6. The number of nitrogens with zero attached hydrogens (tertiary/aromatic N) is 6. The summed E-state index contributed by atoms with van der Waals surface area (Å²) in [7, 11) is 0. The van der Waals surface area contributed by atoms with E-state index < -0.39 is 0 Å². The fraction of sp³-hybridized carbons (Fsp3) is 0.211. The maximum absolute atomic E-state index is 12.6. The average molecular weight is 377 g/mol. The summed E-state index contributed by atoms with van der Waals surface area (Å²) in [6.07, 6.45) is 6.64. The summed E-state index contributed by atoms with van der Waals surface area (Å²) < 4.78 is 3.49. The second-order valence-electron chi connectivity index (χ2n) is 6.33. The van der Waals surface area contributed by atoms with Crippen LogP contribution in [-0.4, -0.2) is 46.9 Å². The highest BCUT2D eigenvalue weighted by molar-refractivity contribution is 6.05. The first-order valence-electron chi connectivity index (χ1n) is 8.78. The SMILES string of the molecule is Cc1nn(CCO)c2ncc(C(=O)Nc3ccc(-n4ccnc4C)nc3)cc12. The van der Waals surface area contributed by atoms with E-state index in [2.05, 4.69) is 25.4 Å². The summed E-state index contributed by atoms with van der Waals surface area (Å²) in [4.78, 5) is 25.5. The third kappa shape index (κ3) is 3.23. The van der Waals surface area contributed by atoms with Crippen molar-refractivity contribution in [3.63, 3.8) is 0 Å². The van der Waals surface area contributed by atoms with E-state index in [4.69, 9.17) is 5.11 Å². The Morgan fingerprint density at radius 2 is 2.04 bits per heavy atom. The molecule has 0 aliphatic carbocycles. The van der Waals surface area contributed by atoms with Gasteiger partial charge >= 0.3 is 0 Å². The number of hydrogen-bond acceptors (Lipinski definition) is 6. The largest absolute Gasteiger partial charge is 0.394 e.